The number of hydrogen-bond acceptors (Lipinski definition) is 4. The average molecular weight is 270 g/mol. The monoisotopic (exact) mass is 269 g/mol. The molecule has 1 aliphatic heterocycles. The molecule has 0 aliphatic carbocycles. The van der Waals surface area contributed by atoms with Crippen LogP contribution in [0.4, 0.5) is 5.82 Å². The molecule has 0 aromatic carbocycles. The van der Waals surface area contributed by atoms with E-state index in [-0.39, 0.29) is 5.60 Å². The van der Waals surface area contributed by atoms with Gasteiger partial charge in [0.2, 0.25) is 0 Å². The van der Waals surface area contributed by atoms with Crippen molar-refractivity contribution in [1.82, 2.24) is 4.98 Å². The fourth-order valence-corrected chi connectivity index (χ4v) is 2.54. The summed E-state index contributed by atoms with van der Waals surface area (Å²) in [5.74, 6) is 0.933. The average Bonchev–Trinajstić information content (AvgIpc) is 2.39. The van der Waals surface area contributed by atoms with Gasteiger partial charge in [-0.2, -0.15) is 0 Å². The second-order valence-corrected chi connectivity index (χ2v) is 5.39. The molecule has 1 saturated heterocycles. The minimum Gasteiger partial charge on any atom is -0.377 e. The van der Waals surface area contributed by atoms with Crippen molar-refractivity contribution in [1.29, 1.82) is 0 Å². The Bertz CT molecular complexity index is 427. The van der Waals surface area contributed by atoms with Crippen molar-refractivity contribution in [3.05, 3.63) is 22.8 Å². The summed E-state index contributed by atoms with van der Waals surface area (Å²) < 4.78 is 5.59. The molecule has 0 amide bonds. The normalized spacial score (nSPS) is 24.3. The van der Waals surface area contributed by atoms with Gasteiger partial charge in [0, 0.05) is 26.7 Å². The van der Waals surface area contributed by atoms with E-state index in [1.807, 2.05) is 12.1 Å². The third-order valence-electron chi connectivity index (χ3n) is 3.57. The molecule has 2 heterocycles. The van der Waals surface area contributed by atoms with Crippen LogP contribution in [0.2, 0.25) is 5.02 Å². The lowest BCUT2D eigenvalue weighted by Gasteiger charge is -2.40. The molecule has 1 aromatic rings. The summed E-state index contributed by atoms with van der Waals surface area (Å²) in [6, 6.07) is 3.81. The highest BCUT2D eigenvalue weighted by atomic mass is 35.5. The Labute approximate surface area is 113 Å². The molecular weight excluding hydrogens is 250 g/mol. The predicted octanol–water partition coefficient (Wildman–Crippen LogP) is 2.20. The van der Waals surface area contributed by atoms with Crippen LogP contribution in [0.25, 0.3) is 0 Å². The summed E-state index contributed by atoms with van der Waals surface area (Å²) in [4.78, 5) is 6.77. The third kappa shape index (κ3) is 2.76. The summed E-state index contributed by atoms with van der Waals surface area (Å²) in [7, 11) is 1.77. The maximum Gasteiger partial charge on any atom is 0.129 e. The van der Waals surface area contributed by atoms with Crippen molar-refractivity contribution in [2.75, 3.05) is 25.1 Å². The van der Waals surface area contributed by atoms with E-state index >= 15 is 0 Å². The van der Waals surface area contributed by atoms with E-state index in [9.17, 15) is 0 Å². The van der Waals surface area contributed by atoms with Crippen LogP contribution < -0.4 is 10.6 Å². The first kappa shape index (κ1) is 13.6. The number of nitrogens with zero attached hydrogens (tertiary/aromatic N) is 2. The van der Waals surface area contributed by atoms with Gasteiger partial charge in [-0.05, 0) is 31.9 Å². The molecule has 4 nitrogen and oxygen atoms in total. The number of methoxy groups -OCH3 is 1. The van der Waals surface area contributed by atoms with E-state index in [0.29, 0.717) is 11.6 Å². The molecule has 1 atom stereocenters. The first-order valence-corrected chi connectivity index (χ1v) is 6.61. The van der Waals surface area contributed by atoms with Crippen LogP contribution in [0, 0.1) is 0 Å². The number of hydrogen-bond donors (Lipinski definition) is 1. The van der Waals surface area contributed by atoms with Crippen molar-refractivity contribution in [3.8, 4) is 0 Å². The fourth-order valence-electron chi connectivity index (χ4n) is 2.36. The molecule has 0 spiro atoms. The van der Waals surface area contributed by atoms with E-state index in [0.717, 1.165) is 37.4 Å². The van der Waals surface area contributed by atoms with Crippen molar-refractivity contribution in [3.63, 3.8) is 0 Å². The van der Waals surface area contributed by atoms with Gasteiger partial charge < -0.3 is 15.4 Å². The van der Waals surface area contributed by atoms with Crippen molar-refractivity contribution < 1.29 is 4.74 Å². The molecule has 1 aromatic heterocycles. The van der Waals surface area contributed by atoms with Gasteiger partial charge in [0.1, 0.15) is 5.82 Å². The number of ether oxygens (including phenoxy) is 1. The Morgan fingerprint density at radius 2 is 2.33 bits per heavy atom. The molecule has 100 valence electrons. The van der Waals surface area contributed by atoms with Gasteiger partial charge in [0.15, 0.2) is 0 Å². The van der Waals surface area contributed by atoms with Crippen LogP contribution in [0.1, 0.15) is 25.5 Å². The van der Waals surface area contributed by atoms with Gasteiger partial charge in [-0.3, -0.25) is 0 Å². The summed E-state index contributed by atoms with van der Waals surface area (Å²) >= 11 is 6.03. The minimum atomic E-state index is -0.0948. The highest BCUT2D eigenvalue weighted by Gasteiger charge is 2.31. The predicted molar refractivity (Wildman–Crippen MR) is 74.0 cm³/mol. The molecule has 2 N–H and O–H groups in total. The van der Waals surface area contributed by atoms with Gasteiger partial charge >= 0.3 is 0 Å². The van der Waals surface area contributed by atoms with E-state index in [2.05, 4.69) is 16.8 Å². The molecule has 5 heteroatoms. The van der Waals surface area contributed by atoms with Crippen LogP contribution in [0.15, 0.2) is 12.1 Å². The van der Waals surface area contributed by atoms with Gasteiger partial charge in [-0.25, -0.2) is 4.98 Å². The molecule has 1 aliphatic rings. The molecule has 2 rings (SSSR count). The smallest absolute Gasteiger partial charge is 0.129 e. The van der Waals surface area contributed by atoms with Crippen LogP contribution in [0.5, 0.6) is 0 Å². The van der Waals surface area contributed by atoms with E-state index in [1.54, 1.807) is 7.11 Å². The first-order chi connectivity index (χ1) is 8.58. The molecule has 1 unspecified atom stereocenters. The second kappa shape index (κ2) is 5.43. The number of pyridine rings is 1. The van der Waals surface area contributed by atoms with Crippen LogP contribution >= 0.6 is 11.6 Å². The number of anilines is 1. The lowest BCUT2D eigenvalue weighted by atomic mass is 9.95. The Morgan fingerprint density at radius 1 is 1.56 bits per heavy atom. The molecule has 0 radical (unpaired) electrons. The van der Waals surface area contributed by atoms with Gasteiger partial charge in [0.05, 0.1) is 16.3 Å². The standard InChI is InChI=1S/C13H20ClN3O/c1-13(18-2)6-3-7-17(9-13)12-5-4-10(14)11(8-15)16-12/h4-5H,3,6-9,15H2,1-2H3. The van der Waals surface area contributed by atoms with Crippen LogP contribution in [-0.4, -0.2) is 30.8 Å². The maximum absolute atomic E-state index is 6.03. The van der Waals surface area contributed by atoms with Gasteiger partial charge in [-0.1, -0.05) is 11.6 Å². The summed E-state index contributed by atoms with van der Waals surface area (Å²) in [6.07, 6.45) is 2.18. The Morgan fingerprint density at radius 3 is 3.00 bits per heavy atom. The zero-order valence-electron chi connectivity index (χ0n) is 10.9. The van der Waals surface area contributed by atoms with E-state index in [1.165, 1.54) is 0 Å². The third-order valence-corrected chi connectivity index (χ3v) is 3.92. The molecular formula is C13H20ClN3O. The maximum atomic E-state index is 6.03. The first-order valence-electron chi connectivity index (χ1n) is 6.23. The number of piperidine rings is 1. The van der Waals surface area contributed by atoms with Crippen molar-refractivity contribution in [2.24, 2.45) is 5.73 Å². The Kier molecular flexibility index (Phi) is 4.10. The lowest BCUT2D eigenvalue weighted by molar-refractivity contribution is -0.00482. The van der Waals surface area contributed by atoms with Gasteiger partial charge in [-0.15, -0.1) is 0 Å². The van der Waals surface area contributed by atoms with E-state index < -0.39 is 0 Å². The minimum absolute atomic E-state index is 0.0948. The van der Waals surface area contributed by atoms with Crippen LogP contribution in [0.3, 0.4) is 0 Å². The number of halogens is 1. The van der Waals surface area contributed by atoms with E-state index in [4.69, 9.17) is 22.1 Å². The zero-order chi connectivity index (χ0) is 13.2. The van der Waals surface area contributed by atoms with Gasteiger partial charge in [0.25, 0.3) is 0 Å². The number of rotatable bonds is 3. The highest BCUT2D eigenvalue weighted by Crippen LogP contribution is 2.28. The lowest BCUT2D eigenvalue weighted by Crippen LogP contribution is -2.47. The summed E-state index contributed by atoms with van der Waals surface area (Å²) in [5.41, 5.74) is 6.29. The highest BCUT2D eigenvalue weighted by molar-refractivity contribution is 6.31. The van der Waals surface area contributed by atoms with Crippen molar-refractivity contribution >= 4 is 17.4 Å². The topological polar surface area (TPSA) is 51.4 Å². The molecule has 0 saturated carbocycles. The quantitative estimate of drug-likeness (QED) is 0.914. The molecule has 18 heavy (non-hydrogen) atoms. The van der Waals surface area contributed by atoms with Crippen LogP contribution in [-0.2, 0) is 11.3 Å². The SMILES string of the molecule is COC1(C)CCCN(c2ccc(Cl)c(CN)n2)C1. The Hall–Kier alpha value is -0.840. The number of nitrogens with two attached hydrogens (primary N) is 1. The molecule has 0 bridgehead atoms. The fraction of sp³-hybridized carbons (Fsp3) is 0.615. The zero-order valence-corrected chi connectivity index (χ0v) is 11.7. The Balaban J connectivity index is 2.21. The largest absolute Gasteiger partial charge is 0.377 e. The molecule has 1 fully saturated rings. The summed E-state index contributed by atoms with van der Waals surface area (Å²) in [6.45, 7) is 4.35. The summed E-state index contributed by atoms with van der Waals surface area (Å²) in [5, 5.41) is 0.632. The second-order valence-electron chi connectivity index (χ2n) is 4.98. The van der Waals surface area contributed by atoms with Crippen molar-refractivity contribution in [2.45, 2.75) is 31.9 Å². The number of aromatic nitrogens is 1.